The van der Waals surface area contributed by atoms with Gasteiger partial charge in [0.1, 0.15) is 17.0 Å². The molecule has 8 nitrogen and oxygen atoms in total. The summed E-state index contributed by atoms with van der Waals surface area (Å²) < 4.78 is 30.2. The van der Waals surface area contributed by atoms with Gasteiger partial charge in [0.05, 0.1) is 17.6 Å². The van der Waals surface area contributed by atoms with Crippen molar-refractivity contribution in [3.63, 3.8) is 0 Å². The van der Waals surface area contributed by atoms with Crippen molar-refractivity contribution in [1.29, 1.82) is 5.26 Å². The third kappa shape index (κ3) is 5.48. The van der Waals surface area contributed by atoms with Gasteiger partial charge in [-0.05, 0) is 62.1 Å². The van der Waals surface area contributed by atoms with Gasteiger partial charge in [0, 0.05) is 46.8 Å². The zero-order valence-electron chi connectivity index (χ0n) is 22.1. The molecule has 2 heterocycles. The minimum Gasteiger partial charge on any atom is -0.440 e. The predicted molar refractivity (Wildman–Crippen MR) is 154 cm³/mol. The van der Waals surface area contributed by atoms with Crippen LogP contribution in [0.4, 0.5) is 5.69 Å². The van der Waals surface area contributed by atoms with E-state index in [1.165, 1.54) is 0 Å². The van der Waals surface area contributed by atoms with Crippen LogP contribution in [-0.4, -0.2) is 49.4 Å². The van der Waals surface area contributed by atoms with E-state index in [4.69, 9.17) is 21.0 Å². The highest BCUT2D eigenvalue weighted by molar-refractivity contribution is 7.91. The topological polar surface area (TPSA) is 116 Å². The number of anilines is 1. The summed E-state index contributed by atoms with van der Waals surface area (Å²) in [6.07, 6.45) is 4.82. The summed E-state index contributed by atoms with van der Waals surface area (Å²) >= 11 is 6.12. The maximum atomic E-state index is 13.4. The van der Waals surface area contributed by atoms with Crippen molar-refractivity contribution >= 4 is 33.0 Å². The second kappa shape index (κ2) is 10.6. The summed E-state index contributed by atoms with van der Waals surface area (Å²) in [6.45, 7) is 0.946. The molecule has 2 saturated carbocycles. The van der Waals surface area contributed by atoms with E-state index >= 15 is 0 Å². The van der Waals surface area contributed by atoms with Gasteiger partial charge in [-0.15, -0.1) is 0 Å². The number of oxazole rings is 1. The van der Waals surface area contributed by atoms with E-state index in [-0.39, 0.29) is 29.2 Å². The van der Waals surface area contributed by atoms with E-state index in [2.05, 4.69) is 16.3 Å². The average Bonchev–Trinajstić information content (AvgIpc) is 3.60. The number of amides is 1. The van der Waals surface area contributed by atoms with Gasteiger partial charge in [-0.3, -0.25) is 4.79 Å². The Bertz CT molecular complexity index is 1540. The van der Waals surface area contributed by atoms with E-state index in [0.717, 1.165) is 42.5 Å². The maximum absolute atomic E-state index is 13.4. The number of hydrogen-bond acceptors (Lipinski definition) is 7. The molecule has 1 N–H and O–H groups in total. The van der Waals surface area contributed by atoms with Gasteiger partial charge >= 0.3 is 0 Å². The van der Waals surface area contributed by atoms with Crippen LogP contribution in [0.2, 0.25) is 5.02 Å². The van der Waals surface area contributed by atoms with Gasteiger partial charge in [0.15, 0.2) is 9.84 Å². The number of sulfone groups is 1. The Hall–Kier alpha value is -3.35. The number of hydrogen-bond donors (Lipinski definition) is 1. The molecule has 1 saturated heterocycles. The Morgan fingerprint density at radius 3 is 2.33 bits per heavy atom. The van der Waals surface area contributed by atoms with Crippen molar-refractivity contribution in [3.05, 3.63) is 59.3 Å². The molecule has 1 amide bonds. The molecule has 2 atom stereocenters. The second-order valence-corrected chi connectivity index (χ2v) is 13.8. The van der Waals surface area contributed by atoms with Crippen molar-refractivity contribution in [2.75, 3.05) is 29.5 Å². The van der Waals surface area contributed by atoms with Gasteiger partial charge in [0.2, 0.25) is 11.8 Å². The summed E-state index contributed by atoms with van der Waals surface area (Å²) in [5.41, 5.74) is 2.60. The van der Waals surface area contributed by atoms with Crippen LogP contribution in [-0.2, 0) is 14.6 Å². The molecule has 2 aliphatic carbocycles. The van der Waals surface area contributed by atoms with Gasteiger partial charge in [-0.25, -0.2) is 13.4 Å². The fourth-order valence-corrected chi connectivity index (χ4v) is 7.11. The molecule has 208 valence electrons. The molecule has 3 fully saturated rings. The fraction of sp³-hybridized carbons (Fsp3) is 0.433. The standard InChI is InChI=1S/C30H31ClN4O4S/c31-22-9-5-21(6-10-22)29-33-26(20-7-11-23(12-8-20)35-15-17-40(37,38)18-16-35)27(39-29)24-3-1-2-4-25(24)28(36)34-30(19-32)13-14-30/h5-12,24-25H,1-4,13-18H2,(H,34,36)/t24-,25-/m1/s1. The van der Waals surface area contributed by atoms with Crippen molar-refractivity contribution in [3.8, 4) is 28.8 Å². The lowest BCUT2D eigenvalue weighted by molar-refractivity contribution is -0.127. The molecule has 2 aromatic carbocycles. The molecule has 0 spiro atoms. The van der Waals surface area contributed by atoms with Crippen LogP contribution in [0, 0.1) is 17.2 Å². The summed E-state index contributed by atoms with van der Waals surface area (Å²) in [6, 6.07) is 17.5. The lowest BCUT2D eigenvalue weighted by Gasteiger charge is -2.30. The minimum atomic E-state index is -2.96. The van der Waals surface area contributed by atoms with Crippen molar-refractivity contribution in [2.45, 2.75) is 50.0 Å². The number of nitrogens with zero attached hydrogens (tertiary/aromatic N) is 3. The van der Waals surface area contributed by atoms with E-state index in [1.54, 1.807) is 12.1 Å². The maximum Gasteiger partial charge on any atom is 0.226 e. The normalized spacial score (nSPS) is 23.2. The Kier molecular flexibility index (Phi) is 7.09. The van der Waals surface area contributed by atoms with Crippen LogP contribution >= 0.6 is 11.6 Å². The molecule has 0 radical (unpaired) electrons. The van der Waals surface area contributed by atoms with E-state index in [0.29, 0.717) is 48.3 Å². The van der Waals surface area contributed by atoms with Crippen LogP contribution in [0.3, 0.4) is 0 Å². The van der Waals surface area contributed by atoms with Gasteiger partial charge in [-0.2, -0.15) is 5.26 Å². The van der Waals surface area contributed by atoms with Crippen molar-refractivity contribution in [2.24, 2.45) is 5.92 Å². The highest BCUT2D eigenvalue weighted by Gasteiger charge is 2.47. The monoisotopic (exact) mass is 578 g/mol. The smallest absolute Gasteiger partial charge is 0.226 e. The predicted octanol–water partition coefficient (Wildman–Crippen LogP) is 5.34. The third-order valence-corrected chi connectivity index (χ3v) is 10.2. The Morgan fingerprint density at radius 2 is 1.68 bits per heavy atom. The molecule has 1 aliphatic heterocycles. The van der Waals surface area contributed by atoms with Crippen molar-refractivity contribution < 1.29 is 17.6 Å². The highest BCUT2D eigenvalue weighted by Crippen LogP contribution is 2.45. The number of aromatic nitrogens is 1. The molecule has 0 unspecified atom stereocenters. The van der Waals surface area contributed by atoms with Crippen molar-refractivity contribution in [1.82, 2.24) is 10.3 Å². The Balaban J connectivity index is 1.35. The molecule has 0 bridgehead atoms. The fourth-order valence-electron chi connectivity index (χ4n) is 5.78. The highest BCUT2D eigenvalue weighted by atomic mass is 35.5. The molecule has 10 heteroatoms. The molecular formula is C30H31ClN4O4S. The van der Waals surface area contributed by atoms with Gasteiger partial charge < -0.3 is 14.6 Å². The van der Waals surface area contributed by atoms with E-state index in [9.17, 15) is 18.5 Å². The first-order valence-corrected chi connectivity index (χ1v) is 16.0. The summed E-state index contributed by atoms with van der Waals surface area (Å²) in [5, 5.41) is 13.2. The first-order chi connectivity index (χ1) is 19.3. The molecule has 1 aromatic heterocycles. The minimum absolute atomic E-state index is 0.0884. The molecule has 3 aliphatic rings. The molecule has 40 heavy (non-hydrogen) atoms. The lowest BCUT2D eigenvalue weighted by Crippen LogP contribution is -2.42. The van der Waals surface area contributed by atoms with E-state index < -0.39 is 15.4 Å². The third-order valence-electron chi connectivity index (χ3n) is 8.36. The quantitative estimate of drug-likeness (QED) is 0.419. The average molecular weight is 579 g/mol. The Morgan fingerprint density at radius 1 is 1.02 bits per heavy atom. The number of nitrogens with one attached hydrogen (secondary N) is 1. The molecule has 3 aromatic rings. The first-order valence-electron chi connectivity index (χ1n) is 13.8. The van der Waals surface area contributed by atoms with E-state index in [1.807, 2.05) is 36.4 Å². The lowest BCUT2D eigenvalue weighted by atomic mass is 9.76. The van der Waals surface area contributed by atoms with Crippen LogP contribution in [0.15, 0.2) is 52.9 Å². The molecule has 6 rings (SSSR count). The van der Waals surface area contributed by atoms with Gasteiger partial charge in [0.25, 0.3) is 0 Å². The van der Waals surface area contributed by atoms with Crippen LogP contribution in [0.5, 0.6) is 0 Å². The van der Waals surface area contributed by atoms with Crippen LogP contribution in [0.1, 0.15) is 50.2 Å². The Labute approximate surface area is 239 Å². The van der Waals surface area contributed by atoms with Gasteiger partial charge in [-0.1, -0.05) is 36.6 Å². The summed E-state index contributed by atoms with van der Waals surface area (Å²) in [7, 11) is -2.96. The largest absolute Gasteiger partial charge is 0.440 e. The number of nitriles is 1. The second-order valence-electron chi connectivity index (χ2n) is 11.1. The van der Waals surface area contributed by atoms with Crippen LogP contribution in [0.25, 0.3) is 22.7 Å². The molecular weight excluding hydrogens is 548 g/mol. The zero-order chi connectivity index (χ0) is 27.9. The zero-order valence-corrected chi connectivity index (χ0v) is 23.7. The number of halogens is 1. The number of carbonyl (C=O) groups is 1. The number of benzene rings is 2. The summed E-state index contributed by atoms with van der Waals surface area (Å²) in [5.74, 6) is 0.901. The number of rotatable bonds is 6. The summed E-state index contributed by atoms with van der Waals surface area (Å²) in [4.78, 5) is 20.4. The van der Waals surface area contributed by atoms with Crippen LogP contribution < -0.4 is 10.2 Å². The number of carbonyl (C=O) groups excluding carboxylic acids is 1. The first kappa shape index (κ1) is 26.9. The SMILES string of the molecule is N#CC1(NC(=O)[C@@H]2CCCC[C@H]2c2oc(-c3ccc(Cl)cc3)nc2-c2ccc(N3CCS(=O)(=O)CC3)cc2)CC1.